The minimum absolute atomic E-state index is 0.0946. The van der Waals surface area contributed by atoms with Crippen LogP contribution in [0.3, 0.4) is 0 Å². The Bertz CT molecular complexity index is 625. The van der Waals surface area contributed by atoms with E-state index in [4.69, 9.17) is 16.3 Å². The van der Waals surface area contributed by atoms with Gasteiger partial charge in [0.15, 0.2) is 0 Å². The van der Waals surface area contributed by atoms with E-state index < -0.39 is 35.7 Å². The molecule has 8 heteroatoms. The molecule has 1 rings (SSSR count). The van der Waals surface area contributed by atoms with E-state index in [1.54, 1.807) is 45.0 Å². The van der Waals surface area contributed by atoms with E-state index in [1.807, 2.05) is 0 Å². The van der Waals surface area contributed by atoms with Crippen LogP contribution in [-0.4, -0.2) is 40.8 Å². The number of benzene rings is 1. The van der Waals surface area contributed by atoms with Crippen LogP contribution in [0.15, 0.2) is 24.3 Å². The van der Waals surface area contributed by atoms with Crippen LogP contribution in [-0.2, 0) is 20.7 Å². The minimum Gasteiger partial charge on any atom is -0.480 e. The molecule has 0 fully saturated rings. The Labute approximate surface area is 151 Å². The molecule has 0 radical (unpaired) electrons. The first-order chi connectivity index (χ1) is 11.5. The Morgan fingerprint density at radius 1 is 1.16 bits per heavy atom. The number of hydrogen-bond acceptors (Lipinski definition) is 4. The fourth-order valence-corrected chi connectivity index (χ4v) is 2.03. The minimum atomic E-state index is -1.17. The molecular weight excluding hydrogens is 348 g/mol. The van der Waals surface area contributed by atoms with Crippen molar-refractivity contribution in [1.82, 2.24) is 10.6 Å². The van der Waals surface area contributed by atoms with E-state index in [0.717, 1.165) is 0 Å². The molecule has 2 amide bonds. The topological polar surface area (TPSA) is 105 Å². The monoisotopic (exact) mass is 370 g/mol. The summed E-state index contributed by atoms with van der Waals surface area (Å²) in [5.74, 6) is -1.79. The molecule has 2 atom stereocenters. The van der Waals surface area contributed by atoms with Gasteiger partial charge in [0.1, 0.15) is 17.7 Å². The maximum Gasteiger partial charge on any atom is 0.408 e. The van der Waals surface area contributed by atoms with Gasteiger partial charge in [-0.3, -0.25) is 4.79 Å². The molecule has 0 bridgehead atoms. The predicted molar refractivity (Wildman–Crippen MR) is 93.6 cm³/mol. The number of ether oxygens (including phenoxy) is 1. The molecule has 1 aromatic carbocycles. The Balaban J connectivity index is 2.64. The first kappa shape index (κ1) is 20.8. The molecule has 0 saturated carbocycles. The quantitative estimate of drug-likeness (QED) is 0.713. The molecule has 0 aliphatic carbocycles. The highest BCUT2D eigenvalue weighted by Gasteiger charge is 2.25. The number of alkyl carbamates (subject to hydrolysis) is 1. The molecule has 0 heterocycles. The SMILES string of the molecule is C[C@@H](NC(=O)OC(C)(C)C)C(=O)N[C@@H](Cc1ccc(Cl)cc1)C(=O)O. The third kappa shape index (κ3) is 7.89. The van der Waals surface area contributed by atoms with Gasteiger partial charge in [-0.25, -0.2) is 9.59 Å². The zero-order chi connectivity index (χ0) is 19.2. The van der Waals surface area contributed by atoms with Gasteiger partial charge in [-0.15, -0.1) is 0 Å². The summed E-state index contributed by atoms with van der Waals surface area (Å²) < 4.78 is 5.06. The zero-order valence-electron chi connectivity index (χ0n) is 14.6. The molecular formula is C17H23ClN2O5. The second-order valence-electron chi connectivity index (χ2n) is 6.60. The summed E-state index contributed by atoms with van der Waals surface area (Å²) in [7, 11) is 0. The maximum atomic E-state index is 12.1. The third-order valence-electron chi connectivity index (χ3n) is 3.09. The molecule has 3 N–H and O–H groups in total. The number of carboxylic acids is 1. The van der Waals surface area contributed by atoms with Gasteiger partial charge >= 0.3 is 12.1 Å². The van der Waals surface area contributed by atoms with Crippen molar-refractivity contribution in [3.05, 3.63) is 34.9 Å². The van der Waals surface area contributed by atoms with Crippen molar-refractivity contribution in [2.45, 2.75) is 51.8 Å². The number of aliphatic carboxylic acids is 1. The Morgan fingerprint density at radius 2 is 1.72 bits per heavy atom. The van der Waals surface area contributed by atoms with Crippen LogP contribution >= 0.6 is 11.6 Å². The highest BCUT2D eigenvalue weighted by molar-refractivity contribution is 6.30. The summed E-state index contributed by atoms with van der Waals surface area (Å²) in [6.07, 6.45) is -0.656. The maximum absolute atomic E-state index is 12.1. The summed E-state index contributed by atoms with van der Waals surface area (Å²) in [6.45, 7) is 6.54. The summed E-state index contributed by atoms with van der Waals surface area (Å²) in [4.78, 5) is 35.2. The standard InChI is InChI=1S/C17H23ClN2O5/c1-10(19-16(24)25-17(2,3)4)14(21)20-13(15(22)23)9-11-5-7-12(18)8-6-11/h5-8,10,13H,9H2,1-4H3,(H,19,24)(H,20,21)(H,22,23)/t10-,13+/m1/s1. The number of halogens is 1. The Morgan fingerprint density at radius 3 is 2.20 bits per heavy atom. The lowest BCUT2D eigenvalue weighted by Gasteiger charge is -2.22. The van der Waals surface area contributed by atoms with Crippen LogP contribution in [0, 0.1) is 0 Å². The molecule has 0 saturated heterocycles. The first-order valence-corrected chi connectivity index (χ1v) is 8.13. The molecule has 0 aromatic heterocycles. The Kier molecular flexibility index (Phi) is 7.23. The van der Waals surface area contributed by atoms with Gasteiger partial charge in [0.05, 0.1) is 0 Å². The van der Waals surface area contributed by atoms with Gasteiger partial charge in [0, 0.05) is 11.4 Å². The van der Waals surface area contributed by atoms with Crippen LogP contribution < -0.4 is 10.6 Å². The second-order valence-corrected chi connectivity index (χ2v) is 7.03. The summed E-state index contributed by atoms with van der Waals surface area (Å²) in [5, 5.41) is 14.6. The van der Waals surface area contributed by atoms with E-state index in [0.29, 0.717) is 10.6 Å². The van der Waals surface area contributed by atoms with Crippen LogP contribution in [0.25, 0.3) is 0 Å². The van der Waals surface area contributed by atoms with Crippen molar-refractivity contribution in [2.75, 3.05) is 0 Å². The van der Waals surface area contributed by atoms with Crippen LogP contribution in [0.4, 0.5) is 4.79 Å². The fourth-order valence-electron chi connectivity index (χ4n) is 1.90. The number of carbonyl (C=O) groups excluding carboxylic acids is 2. The summed E-state index contributed by atoms with van der Waals surface area (Å²) >= 11 is 5.79. The van der Waals surface area contributed by atoms with Crippen LogP contribution in [0.5, 0.6) is 0 Å². The molecule has 7 nitrogen and oxygen atoms in total. The average Bonchev–Trinajstić information content (AvgIpc) is 2.46. The third-order valence-corrected chi connectivity index (χ3v) is 3.35. The molecule has 0 aliphatic rings. The summed E-state index contributed by atoms with van der Waals surface area (Å²) in [5.41, 5.74) is 0.0169. The second kappa shape index (κ2) is 8.71. The lowest BCUT2D eigenvalue weighted by Crippen LogP contribution is -2.51. The van der Waals surface area contributed by atoms with Crippen molar-refractivity contribution < 1.29 is 24.2 Å². The van der Waals surface area contributed by atoms with E-state index in [2.05, 4.69) is 10.6 Å². The number of rotatable bonds is 6. The highest BCUT2D eigenvalue weighted by atomic mass is 35.5. The molecule has 138 valence electrons. The lowest BCUT2D eigenvalue weighted by molar-refractivity contribution is -0.142. The number of carbonyl (C=O) groups is 3. The van der Waals surface area contributed by atoms with Gasteiger partial charge in [0.25, 0.3) is 0 Å². The molecule has 0 aliphatic heterocycles. The number of carboxylic acid groups (broad SMARTS) is 1. The van der Waals surface area contributed by atoms with Crippen LogP contribution in [0.1, 0.15) is 33.3 Å². The lowest BCUT2D eigenvalue weighted by atomic mass is 10.1. The van der Waals surface area contributed by atoms with Crippen LogP contribution in [0.2, 0.25) is 5.02 Å². The van der Waals surface area contributed by atoms with Gasteiger partial charge in [-0.1, -0.05) is 23.7 Å². The van der Waals surface area contributed by atoms with Crippen molar-refractivity contribution in [1.29, 1.82) is 0 Å². The van der Waals surface area contributed by atoms with Gasteiger partial charge < -0.3 is 20.5 Å². The molecule has 0 spiro atoms. The largest absolute Gasteiger partial charge is 0.480 e. The van der Waals surface area contributed by atoms with Crippen molar-refractivity contribution in [2.24, 2.45) is 0 Å². The molecule has 1 aromatic rings. The van der Waals surface area contributed by atoms with Crippen molar-refractivity contribution >= 4 is 29.6 Å². The highest BCUT2D eigenvalue weighted by Crippen LogP contribution is 2.11. The van der Waals surface area contributed by atoms with Crippen molar-refractivity contribution in [3.8, 4) is 0 Å². The van der Waals surface area contributed by atoms with Gasteiger partial charge in [-0.2, -0.15) is 0 Å². The van der Waals surface area contributed by atoms with Crippen molar-refractivity contribution in [3.63, 3.8) is 0 Å². The van der Waals surface area contributed by atoms with E-state index >= 15 is 0 Å². The van der Waals surface area contributed by atoms with E-state index in [1.165, 1.54) is 6.92 Å². The zero-order valence-corrected chi connectivity index (χ0v) is 15.4. The Hall–Kier alpha value is -2.28. The van der Waals surface area contributed by atoms with E-state index in [-0.39, 0.29) is 6.42 Å². The first-order valence-electron chi connectivity index (χ1n) is 7.75. The van der Waals surface area contributed by atoms with Gasteiger partial charge in [0.2, 0.25) is 5.91 Å². The summed E-state index contributed by atoms with van der Waals surface area (Å²) in [6, 6.07) is 4.59. The predicted octanol–water partition coefficient (Wildman–Crippen LogP) is 2.37. The van der Waals surface area contributed by atoms with Gasteiger partial charge in [-0.05, 0) is 45.4 Å². The fraction of sp³-hybridized carbons (Fsp3) is 0.471. The normalized spacial score (nSPS) is 13.5. The average molecular weight is 371 g/mol. The molecule has 0 unspecified atom stereocenters. The smallest absolute Gasteiger partial charge is 0.408 e. The number of hydrogen-bond donors (Lipinski definition) is 3. The molecule has 25 heavy (non-hydrogen) atoms. The number of amides is 2. The van der Waals surface area contributed by atoms with E-state index in [9.17, 15) is 19.5 Å². The number of nitrogens with one attached hydrogen (secondary N) is 2.